The Morgan fingerprint density at radius 3 is 2.85 bits per heavy atom. The molecule has 0 aromatic carbocycles. The summed E-state index contributed by atoms with van der Waals surface area (Å²) in [6.45, 7) is 6.81. The monoisotopic (exact) mass is 186 g/mol. The lowest BCUT2D eigenvalue weighted by Gasteiger charge is -2.33. The third kappa shape index (κ3) is 2.54. The van der Waals surface area contributed by atoms with Crippen LogP contribution in [-0.4, -0.2) is 29.6 Å². The number of hydrogen-bond acceptors (Lipinski definition) is 4. The van der Waals surface area contributed by atoms with Crippen LogP contribution in [0.3, 0.4) is 0 Å². The zero-order chi connectivity index (χ0) is 10.0. The predicted molar refractivity (Wildman–Crippen MR) is 45.9 cm³/mol. The van der Waals surface area contributed by atoms with Gasteiger partial charge in [-0.1, -0.05) is 6.58 Å². The van der Waals surface area contributed by atoms with Gasteiger partial charge in [0.05, 0.1) is 6.10 Å². The molecule has 0 amide bonds. The van der Waals surface area contributed by atoms with Crippen LogP contribution in [0.2, 0.25) is 0 Å². The first-order valence-corrected chi connectivity index (χ1v) is 4.19. The second kappa shape index (κ2) is 3.89. The SMILES string of the molecule is C=C1CC(O)OC(C)C1OC(C)=O. The van der Waals surface area contributed by atoms with Crippen molar-refractivity contribution in [1.82, 2.24) is 0 Å². The number of hydrogen-bond donors (Lipinski definition) is 1. The Balaban J connectivity index is 2.61. The lowest BCUT2D eigenvalue weighted by Crippen LogP contribution is -2.40. The molecular formula is C9H14O4. The molecule has 4 nitrogen and oxygen atoms in total. The largest absolute Gasteiger partial charge is 0.455 e. The van der Waals surface area contributed by atoms with Crippen LogP contribution >= 0.6 is 0 Å². The van der Waals surface area contributed by atoms with Gasteiger partial charge in [0.15, 0.2) is 6.29 Å². The van der Waals surface area contributed by atoms with Crippen molar-refractivity contribution in [3.8, 4) is 0 Å². The fraction of sp³-hybridized carbons (Fsp3) is 0.667. The second-order valence-electron chi connectivity index (χ2n) is 3.19. The molecule has 0 aromatic rings. The normalized spacial score (nSPS) is 34.4. The van der Waals surface area contributed by atoms with Gasteiger partial charge in [-0.2, -0.15) is 0 Å². The van der Waals surface area contributed by atoms with Crippen LogP contribution in [0.5, 0.6) is 0 Å². The predicted octanol–water partition coefficient (Wildman–Crippen LogP) is 0.601. The minimum Gasteiger partial charge on any atom is -0.455 e. The Morgan fingerprint density at radius 1 is 1.77 bits per heavy atom. The highest BCUT2D eigenvalue weighted by Gasteiger charge is 2.32. The van der Waals surface area contributed by atoms with Gasteiger partial charge in [0, 0.05) is 13.3 Å². The van der Waals surface area contributed by atoms with Gasteiger partial charge >= 0.3 is 5.97 Å². The quantitative estimate of drug-likeness (QED) is 0.481. The number of rotatable bonds is 1. The number of esters is 1. The van der Waals surface area contributed by atoms with Gasteiger partial charge in [0.2, 0.25) is 0 Å². The second-order valence-corrected chi connectivity index (χ2v) is 3.19. The third-order valence-corrected chi connectivity index (χ3v) is 1.93. The zero-order valence-corrected chi connectivity index (χ0v) is 7.82. The van der Waals surface area contributed by atoms with Crippen molar-refractivity contribution < 1.29 is 19.4 Å². The number of ether oxygens (including phenoxy) is 2. The van der Waals surface area contributed by atoms with Gasteiger partial charge in [-0.3, -0.25) is 4.79 Å². The molecular weight excluding hydrogens is 172 g/mol. The maximum atomic E-state index is 10.7. The van der Waals surface area contributed by atoms with Gasteiger partial charge in [-0.15, -0.1) is 0 Å². The van der Waals surface area contributed by atoms with E-state index in [1.54, 1.807) is 6.92 Å². The topological polar surface area (TPSA) is 55.8 Å². The van der Waals surface area contributed by atoms with E-state index in [2.05, 4.69) is 6.58 Å². The Hall–Kier alpha value is -0.870. The van der Waals surface area contributed by atoms with Gasteiger partial charge in [-0.05, 0) is 12.5 Å². The molecule has 0 bridgehead atoms. The van der Waals surface area contributed by atoms with Gasteiger partial charge in [0.1, 0.15) is 6.10 Å². The number of carbonyl (C=O) groups excluding carboxylic acids is 1. The number of carbonyl (C=O) groups is 1. The Bertz CT molecular complexity index is 224. The fourth-order valence-corrected chi connectivity index (χ4v) is 1.40. The molecule has 0 saturated carbocycles. The van der Waals surface area contributed by atoms with Crippen LogP contribution in [0.4, 0.5) is 0 Å². The van der Waals surface area contributed by atoms with Gasteiger partial charge < -0.3 is 14.6 Å². The van der Waals surface area contributed by atoms with Crippen LogP contribution in [0, 0.1) is 0 Å². The Kier molecular flexibility index (Phi) is 3.06. The summed E-state index contributed by atoms with van der Waals surface area (Å²) >= 11 is 0. The van der Waals surface area contributed by atoms with E-state index in [1.807, 2.05) is 0 Å². The van der Waals surface area contributed by atoms with Crippen LogP contribution in [-0.2, 0) is 14.3 Å². The lowest BCUT2D eigenvalue weighted by molar-refractivity contribution is -0.189. The maximum absolute atomic E-state index is 10.7. The van der Waals surface area contributed by atoms with Crippen LogP contribution in [0.1, 0.15) is 20.3 Å². The number of aliphatic hydroxyl groups excluding tert-OH is 1. The molecule has 3 unspecified atom stereocenters. The van der Waals surface area contributed by atoms with E-state index in [-0.39, 0.29) is 12.1 Å². The summed E-state index contributed by atoms with van der Waals surface area (Å²) < 4.78 is 10.1. The highest BCUT2D eigenvalue weighted by atomic mass is 16.6. The fourth-order valence-electron chi connectivity index (χ4n) is 1.40. The molecule has 0 aromatic heterocycles. The van der Waals surface area contributed by atoms with Crippen molar-refractivity contribution in [3.63, 3.8) is 0 Å². The standard InChI is InChI=1S/C9H14O4/c1-5-4-8(11)12-6(2)9(5)13-7(3)10/h6,8-9,11H,1,4H2,2-3H3. The van der Waals surface area contributed by atoms with E-state index in [9.17, 15) is 9.90 Å². The summed E-state index contributed by atoms with van der Waals surface area (Å²) in [6, 6.07) is 0. The first kappa shape index (κ1) is 10.2. The molecule has 1 aliphatic rings. The molecule has 0 radical (unpaired) electrons. The van der Waals surface area contributed by atoms with E-state index in [1.165, 1.54) is 6.92 Å². The summed E-state index contributed by atoms with van der Waals surface area (Å²) in [5.74, 6) is -0.363. The molecule has 1 saturated heterocycles. The zero-order valence-electron chi connectivity index (χ0n) is 7.82. The number of aliphatic hydroxyl groups is 1. The molecule has 0 spiro atoms. The average molecular weight is 186 g/mol. The molecule has 1 aliphatic heterocycles. The van der Waals surface area contributed by atoms with Crippen molar-refractivity contribution in [3.05, 3.63) is 12.2 Å². The van der Waals surface area contributed by atoms with Crippen molar-refractivity contribution in [2.24, 2.45) is 0 Å². The van der Waals surface area contributed by atoms with Crippen molar-refractivity contribution >= 4 is 5.97 Å². The highest BCUT2D eigenvalue weighted by molar-refractivity contribution is 5.66. The molecule has 0 aliphatic carbocycles. The van der Waals surface area contributed by atoms with E-state index in [0.717, 1.165) is 0 Å². The minimum absolute atomic E-state index is 0.322. The first-order chi connectivity index (χ1) is 6.00. The van der Waals surface area contributed by atoms with E-state index in [0.29, 0.717) is 12.0 Å². The highest BCUT2D eigenvalue weighted by Crippen LogP contribution is 2.24. The molecule has 74 valence electrons. The molecule has 1 rings (SSSR count). The van der Waals surface area contributed by atoms with E-state index < -0.39 is 12.4 Å². The van der Waals surface area contributed by atoms with E-state index >= 15 is 0 Å². The Labute approximate surface area is 77.1 Å². The summed E-state index contributed by atoms with van der Waals surface area (Å²) in [5, 5.41) is 9.18. The van der Waals surface area contributed by atoms with Crippen LogP contribution < -0.4 is 0 Å². The summed E-state index contributed by atoms with van der Waals surface area (Å²) in [4.78, 5) is 10.7. The summed E-state index contributed by atoms with van der Waals surface area (Å²) in [6.07, 6.45) is -1.27. The smallest absolute Gasteiger partial charge is 0.303 e. The molecule has 3 atom stereocenters. The first-order valence-electron chi connectivity index (χ1n) is 4.19. The average Bonchev–Trinajstić information content (AvgIpc) is 1.96. The Morgan fingerprint density at radius 2 is 2.38 bits per heavy atom. The summed E-state index contributed by atoms with van der Waals surface area (Å²) in [5.41, 5.74) is 0.696. The molecule has 1 N–H and O–H groups in total. The van der Waals surface area contributed by atoms with Crippen molar-refractivity contribution in [2.75, 3.05) is 0 Å². The molecule has 1 heterocycles. The van der Waals surface area contributed by atoms with Gasteiger partial charge in [0.25, 0.3) is 0 Å². The molecule has 4 heteroatoms. The van der Waals surface area contributed by atoms with Crippen LogP contribution in [0.15, 0.2) is 12.2 Å². The maximum Gasteiger partial charge on any atom is 0.303 e. The minimum atomic E-state index is -0.825. The molecule has 13 heavy (non-hydrogen) atoms. The lowest BCUT2D eigenvalue weighted by atomic mass is 10.0. The summed E-state index contributed by atoms with van der Waals surface area (Å²) in [7, 11) is 0. The molecule has 1 fully saturated rings. The van der Waals surface area contributed by atoms with Crippen LogP contribution in [0.25, 0.3) is 0 Å². The van der Waals surface area contributed by atoms with Gasteiger partial charge in [-0.25, -0.2) is 0 Å². The van der Waals surface area contributed by atoms with Crippen molar-refractivity contribution in [1.29, 1.82) is 0 Å². The van der Waals surface area contributed by atoms with Crippen molar-refractivity contribution in [2.45, 2.75) is 38.8 Å². The van der Waals surface area contributed by atoms with E-state index in [4.69, 9.17) is 9.47 Å². The third-order valence-electron chi connectivity index (χ3n) is 1.93.